The number of nitrogens with zero attached hydrogens (tertiary/aromatic N) is 2. The van der Waals surface area contributed by atoms with Gasteiger partial charge in [-0.05, 0) is 35.4 Å². The Morgan fingerprint density at radius 1 is 0.828 bits per heavy atom. The van der Waals surface area contributed by atoms with Crippen molar-refractivity contribution in [3.8, 4) is 0 Å². The molecule has 0 spiro atoms. The molecule has 0 saturated heterocycles. The predicted molar refractivity (Wildman–Crippen MR) is 111 cm³/mol. The van der Waals surface area contributed by atoms with Crippen molar-refractivity contribution in [1.29, 1.82) is 0 Å². The molecule has 1 aliphatic heterocycles. The van der Waals surface area contributed by atoms with Gasteiger partial charge in [0.15, 0.2) is 0 Å². The van der Waals surface area contributed by atoms with Crippen molar-refractivity contribution < 1.29 is 13.2 Å². The van der Waals surface area contributed by atoms with Crippen LogP contribution >= 0.6 is 0 Å². The van der Waals surface area contributed by atoms with Gasteiger partial charge in [-0.2, -0.15) is 18.3 Å². The molecule has 0 bridgehead atoms. The summed E-state index contributed by atoms with van der Waals surface area (Å²) in [5, 5.41) is 6.34. The second kappa shape index (κ2) is 7.95. The van der Waals surface area contributed by atoms with E-state index in [9.17, 15) is 13.2 Å². The minimum Gasteiger partial charge on any atom is -0.257 e. The van der Waals surface area contributed by atoms with Gasteiger partial charge in [-0.1, -0.05) is 72.8 Å². The van der Waals surface area contributed by atoms with E-state index in [4.69, 9.17) is 0 Å². The molecule has 1 atom stereocenters. The first-order valence-corrected chi connectivity index (χ1v) is 9.33. The van der Waals surface area contributed by atoms with Gasteiger partial charge in [-0.25, -0.2) is 0 Å². The van der Waals surface area contributed by atoms with E-state index >= 15 is 0 Å². The highest BCUT2D eigenvalue weighted by Gasteiger charge is 2.33. The third-order valence-corrected chi connectivity index (χ3v) is 4.82. The Labute approximate surface area is 167 Å². The number of allylic oxidation sites excluding steroid dienone is 1. The largest absolute Gasteiger partial charge is 0.416 e. The highest BCUT2D eigenvalue weighted by molar-refractivity contribution is 6.01. The van der Waals surface area contributed by atoms with Crippen molar-refractivity contribution in [2.45, 2.75) is 18.6 Å². The Balaban J connectivity index is 1.69. The molecule has 1 aliphatic rings. The molecule has 0 fully saturated rings. The first kappa shape index (κ1) is 19.0. The van der Waals surface area contributed by atoms with Gasteiger partial charge in [0.2, 0.25) is 0 Å². The zero-order chi connectivity index (χ0) is 20.3. The number of halogens is 3. The molecule has 3 aromatic carbocycles. The maximum Gasteiger partial charge on any atom is 0.416 e. The van der Waals surface area contributed by atoms with Crippen LogP contribution < -0.4 is 5.01 Å². The van der Waals surface area contributed by atoms with E-state index in [1.165, 1.54) is 6.07 Å². The topological polar surface area (TPSA) is 15.6 Å². The minimum absolute atomic E-state index is 0.157. The van der Waals surface area contributed by atoms with Crippen LogP contribution in [-0.2, 0) is 6.18 Å². The monoisotopic (exact) mass is 392 g/mol. The van der Waals surface area contributed by atoms with E-state index < -0.39 is 11.7 Å². The summed E-state index contributed by atoms with van der Waals surface area (Å²) in [7, 11) is 0. The molecule has 29 heavy (non-hydrogen) atoms. The average Bonchev–Trinajstić information content (AvgIpc) is 3.18. The maximum atomic E-state index is 13.2. The van der Waals surface area contributed by atoms with Crippen molar-refractivity contribution in [3.05, 3.63) is 108 Å². The Morgan fingerprint density at radius 3 is 2.21 bits per heavy atom. The molecule has 4 rings (SSSR count). The first-order valence-electron chi connectivity index (χ1n) is 9.33. The smallest absolute Gasteiger partial charge is 0.257 e. The summed E-state index contributed by atoms with van der Waals surface area (Å²) in [6.07, 6.45) is 0.122. The van der Waals surface area contributed by atoms with Crippen LogP contribution in [0.25, 0.3) is 6.08 Å². The number of hydrogen-bond acceptors (Lipinski definition) is 2. The van der Waals surface area contributed by atoms with Crippen molar-refractivity contribution in [2.24, 2.45) is 5.10 Å². The van der Waals surface area contributed by atoms with E-state index in [0.717, 1.165) is 29.0 Å². The Morgan fingerprint density at radius 2 is 1.52 bits per heavy atom. The van der Waals surface area contributed by atoms with E-state index in [2.05, 4.69) is 5.10 Å². The molecule has 0 aromatic heterocycles. The molecule has 0 radical (unpaired) electrons. The van der Waals surface area contributed by atoms with Gasteiger partial charge in [-0.3, -0.25) is 5.01 Å². The molecule has 0 unspecified atom stereocenters. The number of anilines is 1. The lowest BCUT2D eigenvalue weighted by Crippen LogP contribution is -2.19. The van der Waals surface area contributed by atoms with E-state index in [1.807, 2.05) is 72.8 Å². The molecule has 0 aliphatic carbocycles. The Bertz CT molecular complexity index is 1020. The van der Waals surface area contributed by atoms with Gasteiger partial charge in [-0.15, -0.1) is 0 Å². The quantitative estimate of drug-likeness (QED) is 0.481. The Kier molecular flexibility index (Phi) is 5.21. The molecule has 0 N–H and O–H groups in total. The molecule has 1 heterocycles. The zero-order valence-corrected chi connectivity index (χ0v) is 15.6. The average molecular weight is 392 g/mol. The molecular weight excluding hydrogens is 373 g/mol. The Hall–Kier alpha value is -3.34. The van der Waals surface area contributed by atoms with E-state index in [1.54, 1.807) is 11.1 Å². The number of benzene rings is 3. The molecule has 0 amide bonds. The van der Waals surface area contributed by atoms with Crippen LogP contribution in [0.4, 0.5) is 18.9 Å². The first-order chi connectivity index (χ1) is 14.0. The minimum atomic E-state index is -4.39. The lowest BCUT2D eigenvalue weighted by atomic mass is 10.0. The number of hydrogen-bond donors (Lipinski definition) is 0. The maximum absolute atomic E-state index is 13.2. The van der Waals surface area contributed by atoms with Crippen molar-refractivity contribution >= 4 is 17.5 Å². The van der Waals surface area contributed by atoms with Gasteiger partial charge in [0.1, 0.15) is 0 Å². The fraction of sp³-hybridized carbons (Fsp3) is 0.125. The van der Waals surface area contributed by atoms with Gasteiger partial charge in [0.05, 0.1) is 23.0 Å². The van der Waals surface area contributed by atoms with Gasteiger partial charge in [0, 0.05) is 6.42 Å². The second-order valence-electron chi connectivity index (χ2n) is 6.86. The fourth-order valence-corrected chi connectivity index (χ4v) is 3.39. The summed E-state index contributed by atoms with van der Waals surface area (Å²) in [4.78, 5) is 0. The van der Waals surface area contributed by atoms with Crippen LogP contribution in [0.5, 0.6) is 0 Å². The lowest BCUT2D eigenvalue weighted by Gasteiger charge is -2.24. The van der Waals surface area contributed by atoms with Crippen LogP contribution in [0.3, 0.4) is 0 Å². The van der Waals surface area contributed by atoms with Crippen LogP contribution in [0, 0.1) is 0 Å². The van der Waals surface area contributed by atoms with Crippen molar-refractivity contribution in [2.75, 3.05) is 5.01 Å². The molecule has 3 aromatic rings. The van der Waals surface area contributed by atoms with E-state index in [-0.39, 0.29) is 6.04 Å². The van der Waals surface area contributed by atoms with Gasteiger partial charge in [0.25, 0.3) is 0 Å². The van der Waals surface area contributed by atoms with Crippen LogP contribution in [-0.4, -0.2) is 5.71 Å². The van der Waals surface area contributed by atoms with Gasteiger partial charge < -0.3 is 0 Å². The summed E-state index contributed by atoms with van der Waals surface area (Å²) in [5.41, 5.74) is 2.63. The normalized spacial score (nSPS) is 17.0. The van der Waals surface area contributed by atoms with Crippen molar-refractivity contribution in [1.82, 2.24) is 0 Å². The summed E-state index contributed by atoms with van der Waals surface area (Å²) < 4.78 is 39.6. The summed E-state index contributed by atoms with van der Waals surface area (Å²) in [6.45, 7) is 0. The number of hydrazone groups is 1. The van der Waals surface area contributed by atoms with Crippen LogP contribution in [0.2, 0.25) is 0 Å². The summed E-state index contributed by atoms with van der Waals surface area (Å²) >= 11 is 0. The predicted octanol–water partition coefficient (Wildman–Crippen LogP) is 6.73. The molecular formula is C24H19F3N2. The number of alkyl halides is 3. The van der Waals surface area contributed by atoms with Crippen LogP contribution in [0.15, 0.2) is 96.1 Å². The van der Waals surface area contributed by atoms with Gasteiger partial charge >= 0.3 is 6.18 Å². The standard InChI is InChI=1S/C24H19F3N2/c25-24(26,27)20-12-7-13-22(16-20)29-23(19-10-5-2-6-11-19)17-21(28-29)15-14-18-8-3-1-4-9-18/h1-16,23H,17H2/b15-14+/t23-/m1/s1. The zero-order valence-electron chi connectivity index (χ0n) is 15.6. The summed E-state index contributed by atoms with van der Waals surface area (Å²) in [6, 6.07) is 24.7. The SMILES string of the molecule is FC(F)(F)c1cccc(N2N=C(/C=C/c3ccccc3)C[C@@H]2c2ccccc2)c1. The van der Waals surface area contributed by atoms with Crippen LogP contribution in [0.1, 0.15) is 29.2 Å². The fourth-order valence-electron chi connectivity index (χ4n) is 3.39. The molecule has 0 saturated carbocycles. The third kappa shape index (κ3) is 4.40. The highest BCUT2D eigenvalue weighted by atomic mass is 19.4. The second-order valence-corrected chi connectivity index (χ2v) is 6.86. The number of rotatable bonds is 4. The summed E-state index contributed by atoms with van der Waals surface area (Å²) in [5.74, 6) is 0. The molecule has 146 valence electrons. The molecule has 2 nitrogen and oxygen atoms in total. The highest BCUT2D eigenvalue weighted by Crippen LogP contribution is 2.38. The lowest BCUT2D eigenvalue weighted by molar-refractivity contribution is -0.137. The van der Waals surface area contributed by atoms with E-state index in [0.29, 0.717) is 12.1 Å². The van der Waals surface area contributed by atoms with Crippen molar-refractivity contribution in [3.63, 3.8) is 0 Å². The third-order valence-electron chi connectivity index (χ3n) is 4.82. The molecule has 5 heteroatoms.